The van der Waals surface area contributed by atoms with Crippen molar-refractivity contribution in [3.8, 4) is 5.75 Å². The van der Waals surface area contributed by atoms with Gasteiger partial charge in [-0.15, -0.1) is 0 Å². The van der Waals surface area contributed by atoms with Crippen molar-refractivity contribution >= 4 is 17.7 Å². The fourth-order valence-electron chi connectivity index (χ4n) is 3.08. The number of carbonyl (C=O) groups is 2. The van der Waals surface area contributed by atoms with E-state index >= 15 is 0 Å². The number of benzene rings is 2. The van der Waals surface area contributed by atoms with Gasteiger partial charge in [-0.3, -0.25) is 9.69 Å². The van der Waals surface area contributed by atoms with Gasteiger partial charge in [-0.05, 0) is 36.8 Å². The average molecular weight is 397 g/mol. The summed E-state index contributed by atoms with van der Waals surface area (Å²) >= 11 is 0. The number of ether oxygens (including phenoxy) is 2. The number of carbonyl (C=O) groups excluding carboxylic acids is 2. The lowest BCUT2D eigenvalue weighted by Crippen LogP contribution is -2.50. The molecule has 0 aromatic heterocycles. The summed E-state index contributed by atoms with van der Waals surface area (Å²) in [7, 11) is 0. The van der Waals surface area contributed by atoms with Gasteiger partial charge in [-0.25, -0.2) is 4.79 Å². The lowest BCUT2D eigenvalue weighted by atomic mass is 10.2. The molecule has 0 radical (unpaired) electrons. The Bertz CT molecular complexity index is 787. The first-order valence-corrected chi connectivity index (χ1v) is 9.84. The molecule has 1 saturated heterocycles. The molecule has 0 bridgehead atoms. The molecular formula is C22H27N3O4. The highest BCUT2D eigenvalue weighted by atomic mass is 16.6. The van der Waals surface area contributed by atoms with E-state index in [9.17, 15) is 9.59 Å². The number of nitrogens with zero attached hydrogens (tertiary/aromatic N) is 2. The molecular weight excluding hydrogens is 370 g/mol. The maximum absolute atomic E-state index is 12.3. The van der Waals surface area contributed by atoms with Crippen molar-refractivity contribution in [2.75, 3.05) is 44.6 Å². The molecule has 0 spiro atoms. The summed E-state index contributed by atoms with van der Waals surface area (Å²) in [4.78, 5) is 27.7. The number of hydrogen-bond donors (Lipinski definition) is 1. The fraction of sp³-hybridized carbons (Fsp3) is 0.364. The van der Waals surface area contributed by atoms with E-state index in [-0.39, 0.29) is 12.0 Å². The Labute approximate surface area is 171 Å². The van der Waals surface area contributed by atoms with Crippen LogP contribution in [-0.4, -0.2) is 61.1 Å². The van der Waals surface area contributed by atoms with Crippen LogP contribution in [0.15, 0.2) is 54.6 Å². The van der Waals surface area contributed by atoms with Gasteiger partial charge in [0.25, 0.3) is 0 Å². The van der Waals surface area contributed by atoms with E-state index in [0.29, 0.717) is 45.9 Å². The second kappa shape index (κ2) is 10.5. The van der Waals surface area contributed by atoms with Crippen LogP contribution in [0.2, 0.25) is 0 Å². The molecule has 1 heterocycles. The van der Waals surface area contributed by atoms with Gasteiger partial charge in [-0.2, -0.15) is 0 Å². The third-order valence-corrected chi connectivity index (χ3v) is 4.65. The Balaban J connectivity index is 1.40. The maximum atomic E-state index is 12.3. The van der Waals surface area contributed by atoms with E-state index < -0.39 is 0 Å². The van der Waals surface area contributed by atoms with Gasteiger partial charge in [-0.1, -0.05) is 30.3 Å². The third-order valence-electron chi connectivity index (χ3n) is 4.65. The van der Waals surface area contributed by atoms with Gasteiger partial charge in [0.1, 0.15) is 12.4 Å². The van der Waals surface area contributed by atoms with Gasteiger partial charge >= 0.3 is 6.09 Å². The zero-order valence-electron chi connectivity index (χ0n) is 16.7. The summed E-state index contributed by atoms with van der Waals surface area (Å²) < 4.78 is 10.8. The first kappa shape index (κ1) is 20.7. The van der Waals surface area contributed by atoms with Gasteiger partial charge < -0.3 is 19.7 Å². The van der Waals surface area contributed by atoms with Gasteiger partial charge in [0, 0.05) is 31.9 Å². The van der Waals surface area contributed by atoms with Crippen molar-refractivity contribution in [3.63, 3.8) is 0 Å². The highest BCUT2D eigenvalue weighted by Gasteiger charge is 2.23. The van der Waals surface area contributed by atoms with E-state index in [0.717, 1.165) is 17.0 Å². The maximum Gasteiger partial charge on any atom is 0.409 e. The smallest absolute Gasteiger partial charge is 0.409 e. The predicted molar refractivity (Wildman–Crippen MR) is 111 cm³/mol. The van der Waals surface area contributed by atoms with Crippen LogP contribution in [0.1, 0.15) is 12.5 Å². The monoisotopic (exact) mass is 397 g/mol. The van der Waals surface area contributed by atoms with Crippen molar-refractivity contribution < 1.29 is 19.1 Å². The van der Waals surface area contributed by atoms with Crippen molar-refractivity contribution in [3.05, 3.63) is 60.2 Å². The van der Waals surface area contributed by atoms with Crippen LogP contribution in [0.5, 0.6) is 5.75 Å². The van der Waals surface area contributed by atoms with Crippen LogP contribution in [0.25, 0.3) is 0 Å². The van der Waals surface area contributed by atoms with E-state index in [2.05, 4.69) is 5.32 Å². The van der Waals surface area contributed by atoms with Crippen LogP contribution < -0.4 is 10.1 Å². The lowest BCUT2D eigenvalue weighted by Gasteiger charge is -2.33. The Morgan fingerprint density at radius 2 is 1.66 bits per heavy atom. The predicted octanol–water partition coefficient (Wildman–Crippen LogP) is 2.98. The van der Waals surface area contributed by atoms with Crippen LogP contribution in [0.4, 0.5) is 10.5 Å². The van der Waals surface area contributed by atoms with Crippen molar-refractivity contribution in [1.29, 1.82) is 0 Å². The topological polar surface area (TPSA) is 71.1 Å². The Morgan fingerprint density at radius 3 is 2.31 bits per heavy atom. The summed E-state index contributed by atoms with van der Waals surface area (Å²) in [5.41, 5.74) is 1.83. The number of amides is 2. The molecule has 1 aliphatic heterocycles. The molecule has 2 aromatic rings. The summed E-state index contributed by atoms with van der Waals surface area (Å²) in [6.45, 7) is 5.40. The number of piperazine rings is 1. The van der Waals surface area contributed by atoms with Crippen LogP contribution in [0.3, 0.4) is 0 Å². The normalized spacial score (nSPS) is 14.3. The van der Waals surface area contributed by atoms with E-state index in [1.165, 1.54) is 0 Å². The molecule has 3 rings (SSSR count). The van der Waals surface area contributed by atoms with Gasteiger partial charge in [0.15, 0.2) is 0 Å². The van der Waals surface area contributed by atoms with Crippen LogP contribution >= 0.6 is 0 Å². The second-order valence-corrected chi connectivity index (χ2v) is 6.81. The first-order chi connectivity index (χ1) is 14.1. The molecule has 0 aliphatic carbocycles. The molecule has 7 heteroatoms. The molecule has 0 atom stereocenters. The molecule has 2 aromatic carbocycles. The zero-order valence-corrected chi connectivity index (χ0v) is 16.7. The lowest BCUT2D eigenvalue weighted by molar-refractivity contribution is -0.117. The number of hydrogen-bond acceptors (Lipinski definition) is 5. The van der Waals surface area contributed by atoms with Crippen molar-refractivity contribution in [1.82, 2.24) is 9.80 Å². The number of nitrogens with one attached hydrogen (secondary N) is 1. The first-order valence-electron chi connectivity index (χ1n) is 9.84. The highest BCUT2D eigenvalue weighted by Crippen LogP contribution is 2.17. The molecule has 154 valence electrons. The average Bonchev–Trinajstić information content (AvgIpc) is 2.74. The fourth-order valence-corrected chi connectivity index (χ4v) is 3.08. The minimum atomic E-state index is -0.286. The third kappa shape index (κ3) is 6.50. The standard InChI is InChI=1S/C22H27N3O4/c1-2-28-22(27)25-14-12-24(13-15-25)16-21(26)23-19-8-10-20(11-9-19)29-17-18-6-4-3-5-7-18/h3-11H,2,12-17H2,1H3,(H,23,26). The largest absolute Gasteiger partial charge is 0.489 e. The van der Waals surface area contributed by atoms with Crippen LogP contribution in [0, 0.1) is 0 Å². The van der Waals surface area contributed by atoms with E-state index in [4.69, 9.17) is 9.47 Å². The molecule has 0 saturated carbocycles. The molecule has 2 amide bonds. The van der Waals surface area contributed by atoms with Gasteiger partial charge in [0.2, 0.25) is 5.91 Å². The molecule has 1 aliphatic rings. The summed E-state index contributed by atoms with van der Waals surface area (Å²) in [5.74, 6) is 0.675. The minimum Gasteiger partial charge on any atom is -0.489 e. The molecule has 1 N–H and O–H groups in total. The Kier molecular flexibility index (Phi) is 7.47. The number of anilines is 1. The van der Waals surface area contributed by atoms with Gasteiger partial charge in [0.05, 0.1) is 13.2 Å². The molecule has 1 fully saturated rings. The quantitative estimate of drug-likeness (QED) is 0.778. The van der Waals surface area contributed by atoms with E-state index in [1.54, 1.807) is 11.8 Å². The molecule has 7 nitrogen and oxygen atoms in total. The minimum absolute atomic E-state index is 0.0764. The summed E-state index contributed by atoms with van der Waals surface area (Å²) in [6.07, 6.45) is -0.286. The summed E-state index contributed by atoms with van der Waals surface area (Å²) in [6, 6.07) is 17.3. The SMILES string of the molecule is CCOC(=O)N1CCN(CC(=O)Nc2ccc(OCc3ccccc3)cc2)CC1. The number of rotatable bonds is 7. The Morgan fingerprint density at radius 1 is 0.966 bits per heavy atom. The second-order valence-electron chi connectivity index (χ2n) is 6.81. The summed E-state index contributed by atoms with van der Waals surface area (Å²) in [5, 5.41) is 2.90. The van der Waals surface area contributed by atoms with Crippen molar-refractivity contribution in [2.24, 2.45) is 0 Å². The van der Waals surface area contributed by atoms with Crippen molar-refractivity contribution in [2.45, 2.75) is 13.5 Å². The van der Waals surface area contributed by atoms with E-state index in [1.807, 2.05) is 59.5 Å². The highest BCUT2D eigenvalue weighted by molar-refractivity contribution is 5.92. The molecule has 0 unspecified atom stereocenters. The molecule has 29 heavy (non-hydrogen) atoms. The Hall–Kier alpha value is -3.06. The zero-order chi connectivity index (χ0) is 20.5. The van der Waals surface area contributed by atoms with Crippen LogP contribution in [-0.2, 0) is 16.1 Å².